The Morgan fingerprint density at radius 2 is 1.80 bits per heavy atom. The van der Waals surface area contributed by atoms with Crippen molar-refractivity contribution < 1.29 is 9.53 Å². The monoisotopic (exact) mass is 331 g/mol. The smallest absolute Gasteiger partial charge is 0.306 e. The van der Waals surface area contributed by atoms with Crippen LogP contribution in [0.25, 0.3) is 10.8 Å². The molecule has 0 saturated heterocycles. The van der Waals surface area contributed by atoms with Crippen molar-refractivity contribution in [1.29, 1.82) is 0 Å². The molecule has 126 valence electrons. The van der Waals surface area contributed by atoms with Gasteiger partial charge in [0.05, 0.1) is 0 Å². The van der Waals surface area contributed by atoms with Gasteiger partial charge in [-0.25, -0.2) is 0 Å². The van der Waals surface area contributed by atoms with Crippen LogP contribution in [0.5, 0.6) is 0 Å². The number of carbonyl (C=O) groups is 1. The molecule has 0 aromatic heterocycles. The molecule has 0 amide bonds. The molecule has 0 heterocycles. The molecule has 1 N–H and O–H groups in total. The van der Waals surface area contributed by atoms with Crippen molar-refractivity contribution in [2.24, 2.45) is 0 Å². The molecule has 1 unspecified atom stereocenters. The van der Waals surface area contributed by atoms with Crippen LogP contribution < -0.4 is 5.32 Å². The zero-order valence-corrected chi connectivity index (χ0v) is 14.1. The van der Waals surface area contributed by atoms with Crippen LogP contribution in [0.3, 0.4) is 0 Å². The Hall–Kier alpha value is -2.81. The number of benzene rings is 3. The highest BCUT2D eigenvalue weighted by Gasteiger charge is 2.26. The van der Waals surface area contributed by atoms with Crippen molar-refractivity contribution in [1.82, 2.24) is 0 Å². The highest BCUT2D eigenvalue weighted by atomic mass is 16.5. The van der Waals surface area contributed by atoms with Gasteiger partial charge in [-0.2, -0.15) is 0 Å². The van der Waals surface area contributed by atoms with E-state index in [2.05, 4.69) is 35.6 Å². The lowest BCUT2D eigenvalue weighted by Crippen LogP contribution is -2.12. The van der Waals surface area contributed by atoms with E-state index in [1.54, 1.807) is 0 Å². The zero-order valence-electron chi connectivity index (χ0n) is 14.1. The molecule has 0 bridgehead atoms. The second-order valence-corrected chi connectivity index (χ2v) is 6.44. The van der Waals surface area contributed by atoms with Crippen LogP contribution in [-0.4, -0.2) is 12.5 Å². The Morgan fingerprint density at radius 3 is 2.64 bits per heavy atom. The molecule has 3 heteroatoms. The van der Waals surface area contributed by atoms with E-state index >= 15 is 0 Å². The van der Waals surface area contributed by atoms with E-state index < -0.39 is 0 Å². The number of ether oxygens (including phenoxy) is 1. The predicted molar refractivity (Wildman–Crippen MR) is 101 cm³/mol. The molecule has 0 aliphatic heterocycles. The van der Waals surface area contributed by atoms with E-state index in [1.165, 1.54) is 16.3 Å². The molecule has 0 saturated carbocycles. The van der Waals surface area contributed by atoms with Crippen molar-refractivity contribution in [3.63, 3.8) is 0 Å². The van der Waals surface area contributed by atoms with Crippen molar-refractivity contribution in [3.8, 4) is 0 Å². The van der Waals surface area contributed by atoms with Crippen LogP contribution in [0.4, 0.5) is 5.69 Å². The summed E-state index contributed by atoms with van der Waals surface area (Å²) in [5.41, 5.74) is 3.49. The van der Waals surface area contributed by atoms with E-state index in [0.717, 1.165) is 30.6 Å². The van der Waals surface area contributed by atoms with Crippen LogP contribution in [0.1, 0.15) is 30.1 Å². The van der Waals surface area contributed by atoms with Gasteiger partial charge in [-0.3, -0.25) is 4.79 Å². The normalized spacial score (nSPS) is 15.3. The molecule has 1 aliphatic rings. The van der Waals surface area contributed by atoms with Crippen molar-refractivity contribution in [3.05, 3.63) is 77.9 Å². The van der Waals surface area contributed by atoms with Gasteiger partial charge in [0.15, 0.2) is 0 Å². The van der Waals surface area contributed by atoms with Crippen LogP contribution in [-0.2, 0) is 16.0 Å². The molecule has 0 radical (unpaired) electrons. The van der Waals surface area contributed by atoms with Gasteiger partial charge in [-0.1, -0.05) is 54.6 Å². The molecule has 1 atom stereocenters. The third-order valence-electron chi connectivity index (χ3n) is 4.71. The van der Waals surface area contributed by atoms with E-state index in [0.29, 0.717) is 6.42 Å². The van der Waals surface area contributed by atoms with Gasteiger partial charge in [-0.15, -0.1) is 0 Å². The number of hydrogen-bond donors (Lipinski definition) is 1. The summed E-state index contributed by atoms with van der Waals surface area (Å²) in [7, 11) is 0. The zero-order chi connectivity index (χ0) is 17.1. The number of rotatable bonds is 6. The largest absolute Gasteiger partial charge is 0.457 e. The van der Waals surface area contributed by atoms with E-state index in [9.17, 15) is 4.79 Å². The summed E-state index contributed by atoms with van der Waals surface area (Å²) in [4.78, 5) is 12.2. The Balaban J connectivity index is 1.31. The highest BCUT2D eigenvalue weighted by Crippen LogP contribution is 2.38. The molecular weight excluding hydrogens is 310 g/mol. The van der Waals surface area contributed by atoms with E-state index in [1.807, 2.05) is 36.4 Å². The molecule has 0 spiro atoms. The summed E-state index contributed by atoms with van der Waals surface area (Å²) in [5.74, 6) is -0.121. The second kappa shape index (κ2) is 6.98. The number of carbonyl (C=O) groups excluding carboxylic acids is 1. The van der Waals surface area contributed by atoms with Gasteiger partial charge in [0.1, 0.15) is 6.10 Å². The first-order chi connectivity index (χ1) is 12.3. The summed E-state index contributed by atoms with van der Waals surface area (Å²) >= 11 is 0. The van der Waals surface area contributed by atoms with E-state index in [-0.39, 0.29) is 12.1 Å². The SMILES string of the molecule is O=C(CCCNc1ccccc1)OC1Cc2cccc3cccc1c23. The average Bonchev–Trinajstić information content (AvgIpc) is 2.99. The van der Waals surface area contributed by atoms with Gasteiger partial charge in [0.25, 0.3) is 0 Å². The average molecular weight is 331 g/mol. The Morgan fingerprint density at radius 1 is 1.00 bits per heavy atom. The number of hydrogen-bond acceptors (Lipinski definition) is 3. The minimum atomic E-state index is -0.143. The molecular formula is C22H21NO2. The van der Waals surface area contributed by atoms with E-state index in [4.69, 9.17) is 4.74 Å². The van der Waals surface area contributed by atoms with Crippen LogP contribution in [0, 0.1) is 0 Å². The number of esters is 1. The fourth-order valence-corrected chi connectivity index (χ4v) is 3.54. The lowest BCUT2D eigenvalue weighted by molar-refractivity contribution is -0.149. The fourth-order valence-electron chi connectivity index (χ4n) is 3.54. The first kappa shape index (κ1) is 15.7. The number of anilines is 1. The molecule has 3 aromatic carbocycles. The minimum absolute atomic E-state index is 0.121. The Kier molecular flexibility index (Phi) is 4.38. The maximum atomic E-state index is 12.2. The van der Waals surface area contributed by atoms with Crippen molar-refractivity contribution >= 4 is 22.4 Å². The summed E-state index contributed by atoms with van der Waals surface area (Å²) in [6, 6.07) is 22.6. The minimum Gasteiger partial charge on any atom is -0.457 e. The van der Waals surface area contributed by atoms with Crippen LogP contribution in [0.2, 0.25) is 0 Å². The first-order valence-corrected chi connectivity index (χ1v) is 8.80. The maximum absolute atomic E-state index is 12.2. The standard InChI is InChI=1S/C22H21NO2/c24-21(13-6-14-23-18-10-2-1-3-11-18)25-20-15-17-9-4-7-16-8-5-12-19(20)22(16)17/h1-5,7-12,20,23H,6,13-15H2. The highest BCUT2D eigenvalue weighted by molar-refractivity contribution is 5.91. The molecule has 25 heavy (non-hydrogen) atoms. The summed E-state index contributed by atoms with van der Waals surface area (Å²) in [5, 5.41) is 5.80. The topological polar surface area (TPSA) is 38.3 Å². The molecule has 1 aliphatic carbocycles. The Bertz CT molecular complexity index is 884. The number of para-hydroxylation sites is 1. The molecule has 3 nitrogen and oxygen atoms in total. The van der Waals surface area contributed by atoms with Gasteiger partial charge >= 0.3 is 5.97 Å². The van der Waals surface area contributed by atoms with Gasteiger partial charge in [0.2, 0.25) is 0 Å². The van der Waals surface area contributed by atoms with Crippen molar-refractivity contribution in [2.75, 3.05) is 11.9 Å². The lowest BCUT2D eigenvalue weighted by Gasteiger charge is -2.14. The maximum Gasteiger partial charge on any atom is 0.306 e. The molecule has 4 rings (SSSR count). The summed E-state index contributed by atoms with van der Waals surface area (Å²) in [6.45, 7) is 0.763. The van der Waals surface area contributed by atoms with Gasteiger partial charge in [-0.05, 0) is 34.9 Å². The third-order valence-corrected chi connectivity index (χ3v) is 4.71. The number of nitrogens with one attached hydrogen (secondary N) is 1. The fraction of sp³-hybridized carbons (Fsp3) is 0.227. The quantitative estimate of drug-likeness (QED) is 0.517. The Labute approximate surface area is 147 Å². The van der Waals surface area contributed by atoms with Crippen molar-refractivity contribution in [2.45, 2.75) is 25.4 Å². The van der Waals surface area contributed by atoms with Crippen LogP contribution >= 0.6 is 0 Å². The van der Waals surface area contributed by atoms with Crippen LogP contribution in [0.15, 0.2) is 66.7 Å². The van der Waals surface area contributed by atoms with Gasteiger partial charge < -0.3 is 10.1 Å². The molecule has 3 aromatic rings. The first-order valence-electron chi connectivity index (χ1n) is 8.80. The molecule has 0 fully saturated rings. The second-order valence-electron chi connectivity index (χ2n) is 6.44. The lowest BCUT2D eigenvalue weighted by atomic mass is 10.1. The van der Waals surface area contributed by atoms with Gasteiger partial charge in [0, 0.05) is 30.6 Å². The predicted octanol–water partition coefficient (Wildman–Crippen LogP) is 4.87. The summed E-state index contributed by atoms with van der Waals surface area (Å²) < 4.78 is 5.77. The third kappa shape index (κ3) is 3.36. The summed E-state index contributed by atoms with van der Waals surface area (Å²) in [6.07, 6.45) is 1.83.